The normalized spacial score (nSPS) is 39.8. The number of carbonyl (C=O) groups is 3. The number of Topliss-reactive ketones (excluding diaryl/α,β-unsaturated/α-hetero) is 2. The molecule has 5 heteroatoms. The number of allylic oxidation sites excluding steroid dienone is 1. The molecule has 6 rings (SSSR count). The Morgan fingerprint density at radius 2 is 1.62 bits per heavy atom. The lowest BCUT2D eigenvalue weighted by atomic mass is 9.52. The van der Waals surface area contributed by atoms with Crippen LogP contribution in [0.2, 0.25) is 0 Å². The molecule has 1 N–H and O–H groups in total. The first-order valence-electron chi connectivity index (χ1n) is 12.1. The first kappa shape index (κ1) is 20.5. The van der Waals surface area contributed by atoms with Gasteiger partial charge in [-0.15, -0.1) is 0 Å². The van der Waals surface area contributed by atoms with Gasteiger partial charge in [0.05, 0.1) is 6.10 Å². The van der Waals surface area contributed by atoms with Gasteiger partial charge >= 0.3 is 0 Å². The second-order valence-electron chi connectivity index (χ2n) is 10.9. The molecule has 0 saturated heterocycles. The third-order valence-electron chi connectivity index (χ3n) is 9.56. The standard InChI is InChI=1S/C27H30O5/c1-26-13-12-18-17-9-7-16(28)14-15(17)6-8-19(18)22(26)10-11-23(26)32-27(31)24(29)20-4-2-3-5-21(20)25(27)30/h2-5,14,17-19,22-23,31H,6-13H2,1H3/t17-,18+,19+,22-,23-,26-/m1/s1. The predicted molar refractivity (Wildman–Crippen MR) is 117 cm³/mol. The zero-order valence-corrected chi connectivity index (χ0v) is 18.5. The molecular weight excluding hydrogens is 404 g/mol. The van der Waals surface area contributed by atoms with Crippen LogP contribution in [-0.4, -0.2) is 34.3 Å². The maximum Gasteiger partial charge on any atom is 0.297 e. The van der Waals surface area contributed by atoms with E-state index >= 15 is 0 Å². The summed E-state index contributed by atoms with van der Waals surface area (Å²) in [6.45, 7) is 2.24. The minimum Gasteiger partial charge on any atom is -0.353 e. The number of ether oxygens (including phenoxy) is 1. The van der Waals surface area contributed by atoms with E-state index in [-0.39, 0.29) is 28.4 Å². The lowest BCUT2D eigenvalue weighted by Crippen LogP contribution is -2.53. The fraction of sp³-hybridized carbons (Fsp3) is 0.593. The Balaban J connectivity index is 1.25. The van der Waals surface area contributed by atoms with Gasteiger partial charge in [0.15, 0.2) is 5.78 Å². The maximum atomic E-state index is 13.0. The third-order valence-corrected chi connectivity index (χ3v) is 9.56. The van der Waals surface area contributed by atoms with Crippen molar-refractivity contribution in [1.29, 1.82) is 0 Å². The zero-order chi connectivity index (χ0) is 22.3. The molecule has 1 aromatic rings. The molecule has 0 aromatic heterocycles. The summed E-state index contributed by atoms with van der Waals surface area (Å²) in [5.41, 5.74) is 1.72. The van der Waals surface area contributed by atoms with Gasteiger partial charge in [-0.25, -0.2) is 0 Å². The van der Waals surface area contributed by atoms with Crippen LogP contribution in [0.4, 0.5) is 0 Å². The van der Waals surface area contributed by atoms with E-state index in [2.05, 4.69) is 6.92 Å². The maximum absolute atomic E-state index is 13.0. The number of ketones is 3. The van der Waals surface area contributed by atoms with Crippen molar-refractivity contribution >= 4 is 17.3 Å². The number of rotatable bonds is 2. The molecule has 0 radical (unpaired) electrons. The highest BCUT2D eigenvalue weighted by Gasteiger charge is 2.61. The molecule has 0 bridgehead atoms. The minimum atomic E-state index is -2.39. The Morgan fingerprint density at radius 3 is 2.34 bits per heavy atom. The van der Waals surface area contributed by atoms with E-state index < -0.39 is 17.4 Å². The van der Waals surface area contributed by atoms with Crippen molar-refractivity contribution in [3.8, 4) is 0 Å². The van der Waals surface area contributed by atoms with Crippen LogP contribution >= 0.6 is 0 Å². The van der Waals surface area contributed by atoms with Crippen molar-refractivity contribution in [3.05, 3.63) is 47.0 Å². The molecule has 5 nitrogen and oxygen atoms in total. The van der Waals surface area contributed by atoms with Crippen molar-refractivity contribution in [3.63, 3.8) is 0 Å². The molecule has 1 aromatic carbocycles. The second kappa shape index (κ2) is 6.94. The summed E-state index contributed by atoms with van der Waals surface area (Å²) in [5.74, 6) is -1.17. The van der Waals surface area contributed by atoms with Crippen LogP contribution in [-0.2, 0) is 9.53 Å². The van der Waals surface area contributed by atoms with Crippen molar-refractivity contribution in [2.45, 2.75) is 70.2 Å². The SMILES string of the molecule is C[C@@]12CC[C@@H]3[C@H](CCC4=CC(=O)CC[C@H]43)[C@H]1CC[C@H]2OC1(O)C(=O)c2ccccc2C1=O. The summed E-state index contributed by atoms with van der Waals surface area (Å²) >= 11 is 0. The molecular formula is C27H30O5. The highest BCUT2D eigenvalue weighted by Crippen LogP contribution is 2.62. The van der Waals surface area contributed by atoms with E-state index in [9.17, 15) is 19.5 Å². The zero-order valence-electron chi connectivity index (χ0n) is 18.5. The predicted octanol–water partition coefficient (Wildman–Crippen LogP) is 4.28. The summed E-state index contributed by atoms with van der Waals surface area (Å²) in [6.07, 6.45) is 9.16. The lowest BCUT2D eigenvalue weighted by molar-refractivity contribution is -0.194. The number of benzene rings is 1. The molecule has 0 unspecified atom stereocenters. The average Bonchev–Trinajstić information content (AvgIpc) is 3.21. The summed E-state index contributed by atoms with van der Waals surface area (Å²) in [5, 5.41) is 11.2. The Morgan fingerprint density at radius 1 is 0.906 bits per heavy atom. The molecule has 6 atom stereocenters. The van der Waals surface area contributed by atoms with Gasteiger partial charge in [-0.05, 0) is 80.1 Å². The molecule has 0 aliphatic heterocycles. The van der Waals surface area contributed by atoms with Crippen LogP contribution in [0.15, 0.2) is 35.9 Å². The van der Waals surface area contributed by atoms with Crippen LogP contribution in [0, 0.1) is 29.1 Å². The lowest BCUT2D eigenvalue weighted by Gasteiger charge is -2.54. The Hall–Kier alpha value is -2.11. The quantitative estimate of drug-likeness (QED) is 0.555. The largest absolute Gasteiger partial charge is 0.353 e. The molecule has 168 valence electrons. The average molecular weight is 435 g/mol. The van der Waals surface area contributed by atoms with Crippen LogP contribution in [0.25, 0.3) is 0 Å². The van der Waals surface area contributed by atoms with E-state index in [4.69, 9.17) is 4.74 Å². The van der Waals surface area contributed by atoms with Crippen molar-refractivity contribution in [2.24, 2.45) is 29.1 Å². The Bertz CT molecular complexity index is 1020. The number of hydrogen-bond acceptors (Lipinski definition) is 5. The van der Waals surface area contributed by atoms with Crippen LogP contribution < -0.4 is 0 Å². The van der Waals surface area contributed by atoms with Gasteiger partial charge in [-0.1, -0.05) is 36.8 Å². The van der Waals surface area contributed by atoms with Gasteiger partial charge in [0.25, 0.3) is 5.79 Å². The fourth-order valence-corrected chi connectivity index (χ4v) is 7.99. The number of aliphatic hydroxyl groups is 1. The first-order valence-corrected chi connectivity index (χ1v) is 12.1. The molecule has 0 amide bonds. The number of hydrogen-bond donors (Lipinski definition) is 1. The first-order chi connectivity index (χ1) is 15.3. The summed E-state index contributed by atoms with van der Waals surface area (Å²) in [7, 11) is 0. The van der Waals surface area contributed by atoms with Gasteiger partial charge in [0.1, 0.15) is 0 Å². The molecule has 5 aliphatic rings. The van der Waals surface area contributed by atoms with Gasteiger partial charge < -0.3 is 9.84 Å². The van der Waals surface area contributed by atoms with Crippen molar-refractivity contribution in [1.82, 2.24) is 0 Å². The summed E-state index contributed by atoms with van der Waals surface area (Å²) in [6, 6.07) is 6.58. The molecule has 5 aliphatic carbocycles. The highest BCUT2D eigenvalue weighted by atomic mass is 16.6. The Kier molecular flexibility index (Phi) is 4.45. The molecule has 0 spiro atoms. The molecule has 3 fully saturated rings. The number of fused-ring (bicyclic) bond motifs is 6. The van der Waals surface area contributed by atoms with Crippen molar-refractivity contribution < 1.29 is 24.2 Å². The molecule has 0 heterocycles. The topological polar surface area (TPSA) is 80.7 Å². The van der Waals surface area contributed by atoms with E-state index in [1.165, 1.54) is 5.57 Å². The van der Waals surface area contributed by atoms with Gasteiger partial charge in [0.2, 0.25) is 11.6 Å². The van der Waals surface area contributed by atoms with Gasteiger partial charge in [0, 0.05) is 17.5 Å². The van der Waals surface area contributed by atoms with Gasteiger partial charge in [-0.2, -0.15) is 0 Å². The third kappa shape index (κ3) is 2.67. The van der Waals surface area contributed by atoms with Crippen LogP contribution in [0.5, 0.6) is 0 Å². The highest BCUT2D eigenvalue weighted by molar-refractivity contribution is 6.30. The van der Waals surface area contributed by atoms with E-state index in [0.717, 1.165) is 44.9 Å². The monoisotopic (exact) mass is 434 g/mol. The van der Waals surface area contributed by atoms with E-state index in [1.54, 1.807) is 24.3 Å². The van der Waals surface area contributed by atoms with Crippen molar-refractivity contribution in [2.75, 3.05) is 0 Å². The Labute approximate surface area is 188 Å². The van der Waals surface area contributed by atoms with Crippen LogP contribution in [0.3, 0.4) is 0 Å². The number of carbonyl (C=O) groups excluding carboxylic acids is 3. The van der Waals surface area contributed by atoms with E-state index in [1.807, 2.05) is 6.08 Å². The summed E-state index contributed by atoms with van der Waals surface area (Å²) in [4.78, 5) is 37.8. The van der Waals surface area contributed by atoms with Gasteiger partial charge in [-0.3, -0.25) is 14.4 Å². The molecule has 3 saturated carbocycles. The van der Waals surface area contributed by atoms with E-state index in [0.29, 0.717) is 30.1 Å². The minimum absolute atomic E-state index is 0.155. The fourth-order valence-electron chi connectivity index (χ4n) is 7.99. The smallest absolute Gasteiger partial charge is 0.297 e. The summed E-state index contributed by atoms with van der Waals surface area (Å²) < 4.78 is 6.14. The second-order valence-corrected chi connectivity index (χ2v) is 10.9. The van der Waals surface area contributed by atoms with Crippen LogP contribution in [0.1, 0.15) is 79.0 Å². The molecule has 32 heavy (non-hydrogen) atoms.